The minimum atomic E-state index is -0.388. The van der Waals surface area contributed by atoms with Crippen LogP contribution in [0.4, 0.5) is 0 Å². The SMILES string of the molecule is COc1ccccc1C1SC(c2ccc(Cl)cc2)=NN1C(=O)c1ccccc1Cl. The largest absolute Gasteiger partial charge is 0.496 e. The predicted octanol–water partition coefficient (Wildman–Crippen LogP) is 6.25. The second-order valence-electron chi connectivity index (χ2n) is 6.25. The van der Waals surface area contributed by atoms with E-state index in [1.165, 1.54) is 16.8 Å². The molecule has 1 atom stereocenters. The maximum atomic E-state index is 13.3. The number of amides is 1. The molecule has 4 rings (SSSR count). The molecule has 1 amide bonds. The Morgan fingerprint density at radius 2 is 1.69 bits per heavy atom. The van der Waals surface area contributed by atoms with Crippen LogP contribution in [0.1, 0.15) is 26.9 Å². The summed E-state index contributed by atoms with van der Waals surface area (Å²) in [5.74, 6) is 0.414. The van der Waals surface area contributed by atoms with Crippen molar-refractivity contribution in [2.45, 2.75) is 5.37 Å². The first-order valence-corrected chi connectivity index (χ1v) is 10.4. The number of halogens is 2. The summed E-state index contributed by atoms with van der Waals surface area (Å²) in [5.41, 5.74) is 2.14. The molecular formula is C22H16Cl2N2O2S. The van der Waals surface area contributed by atoms with E-state index in [1.807, 2.05) is 36.4 Å². The average Bonchev–Trinajstić information content (AvgIpc) is 3.19. The molecule has 0 aliphatic carbocycles. The fraction of sp³-hybridized carbons (Fsp3) is 0.0909. The van der Waals surface area contributed by atoms with E-state index >= 15 is 0 Å². The normalized spacial score (nSPS) is 15.9. The molecule has 0 saturated carbocycles. The third kappa shape index (κ3) is 3.99. The van der Waals surface area contributed by atoms with E-state index in [9.17, 15) is 4.79 Å². The number of thioether (sulfide) groups is 1. The summed E-state index contributed by atoms with van der Waals surface area (Å²) in [6.45, 7) is 0. The molecule has 29 heavy (non-hydrogen) atoms. The highest BCUT2D eigenvalue weighted by atomic mass is 35.5. The molecule has 0 spiro atoms. The van der Waals surface area contributed by atoms with Crippen LogP contribution in [-0.4, -0.2) is 23.1 Å². The standard InChI is InChI=1S/C22H16Cl2N2O2S/c1-28-19-9-5-3-7-17(19)22-26(21(27)16-6-2-4-8-18(16)24)25-20(29-22)14-10-12-15(23)13-11-14/h2-13,22H,1H3. The van der Waals surface area contributed by atoms with Gasteiger partial charge in [0.1, 0.15) is 16.2 Å². The van der Waals surface area contributed by atoms with Crippen LogP contribution >= 0.6 is 35.0 Å². The second-order valence-corrected chi connectivity index (χ2v) is 8.17. The zero-order valence-corrected chi connectivity index (χ0v) is 17.7. The molecule has 0 radical (unpaired) electrons. The van der Waals surface area contributed by atoms with E-state index in [-0.39, 0.29) is 11.3 Å². The van der Waals surface area contributed by atoms with Gasteiger partial charge in [-0.3, -0.25) is 4.79 Å². The Hall–Kier alpha value is -2.47. The average molecular weight is 443 g/mol. The zero-order valence-electron chi connectivity index (χ0n) is 15.4. The van der Waals surface area contributed by atoms with Crippen LogP contribution in [-0.2, 0) is 0 Å². The van der Waals surface area contributed by atoms with Crippen molar-refractivity contribution in [2.24, 2.45) is 5.10 Å². The van der Waals surface area contributed by atoms with Crippen molar-refractivity contribution < 1.29 is 9.53 Å². The Bertz CT molecular complexity index is 1090. The number of carbonyl (C=O) groups is 1. The van der Waals surface area contributed by atoms with Gasteiger partial charge >= 0.3 is 0 Å². The number of benzene rings is 3. The lowest BCUT2D eigenvalue weighted by Crippen LogP contribution is -2.26. The van der Waals surface area contributed by atoms with Crippen LogP contribution < -0.4 is 4.74 Å². The van der Waals surface area contributed by atoms with Gasteiger partial charge in [0.05, 0.1) is 17.7 Å². The molecule has 0 bridgehead atoms. The first-order valence-electron chi connectivity index (χ1n) is 8.80. The molecule has 0 fully saturated rings. The van der Waals surface area contributed by atoms with Gasteiger partial charge in [-0.25, -0.2) is 5.01 Å². The van der Waals surface area contributed by atoms with Gasteiger partial charge in [-0.2, -0.15) is 5.10 Å². The number of methoxy groups -OCH3 is 1. The van der Waals surface area contributed by atoms with E-state index in [1.54, 1.807) is 43.5 Å². The van der Waals surface area contributed by atoms with E-state index in [0.717, 1.165) is 16.2 Å². The minimum absolute atomic E-state index is 0.275. The number of ether oxygens (including phenoxy) is 1. The number of hydrogen-bond donors (Lipinski definition) is 0. The van der Waals surface area contributed by atoms with Gasteiger partial charge in [0.25, 0.3) is 5.91 Å². The van der Waals surface area contributed by atoms with Crippen molar-refractivity contribution >= 4 is 45.9 Å². The molecule has 1 unspecified atom stereocenters. The molecule has 4 nitrogen and oxygen atoms in total. The summed E-state index contributed by atoms with van der Waals surface area (Å²) < 4.78 is 5.53. The number of para-hydroxylation sites is 1. The monoisotopic (exact) mass is 442 g/mol. The minimum Gasteiger partial charge on any atom is -0.496 e. The summed E-state index contributed by atoms with van der Waals surface area (Å²) in [7, 11) is 1.61. The highest BCUT2D eigenvalue weighted by Crippen LogP contribution is 2.45. The summed E-state index contributed by atoms with van der Waals surface area (Å²) in [5, 5.41) is 7.47. The molecule has 1 heterocycles. The third-order valence-corrected chi connectivity index (χ3v) is 6.25. The Morgan fingerprint density at radius 3 is 2.41 bits per heavy atom. The van der Waals surface area contributed by atoms with Gasteiger partial charge in [-0.05, 0) is 30.3 Å². The smallest absolute Gasteiger partial charge is 0.276 e. The van der Waals surface area contributed by atoms with Crippen molar-refractivity contribution in [1.82, 2.24) is 5.01 Å². The third-order valence-electron chi connectivity index (χ3n) is 4.45. The van der Waals surface area contributed by atoms with Crippen LogP contribution in [0.25, 0.3) is 0 Å². The first-order chi connectivity index (χ1) is 14.1. The van der Waals surface area contributed by atoms with Gasteiger partial charge in [0, 0.05) is 16.1 Å². The number of carbonyl (C=O) groups excluding carboxylic acids is 1. The van der Waals surface area contributed by atoms with E-state index in [2.05, 4.69) is 5.10 Å². The summed E-state index contributed by atoms with van der Waals surface area (Å²) >= 11 is 13.8. The maximum Gasteiger partial charge on any atom is 0.276 e. The molecule has 7 heteroatoms. The zero-order chi connectivity index (χ0) is 20.4. The van der Waals surface area contributed by atoms with Crippen LogP contribution in [0.2, 0.25) is 10.0 Å². The highest BCUT2D eigenvalue weighted by molar-refractivity contribution is 8.14. The van der Waals surface area contributed by atoms with Crippen molar-refractivity contribution in [3.8, 4) is 5.75 Å². The van der Waals surface area contributed by atoms with E-state index < -0.39 is 0 Å². The van der Waals surface area contributed by atoms with Crippen molar-refractivity contribution in [3.05, 3.63) is 99.5 Å². The second kappa shape index (κ2) is 8.49. The molecule has 0 N–H and O–H groups in total. The quantitative estimate of drug-likeness (QED) is 0.479. The Balaban J connectivity index is 1.78. The number of rotatable bonds is 4. The van der Waals surface area contributed by atoms with Gasteiger partial charge < -0.3 is 4.74 Å². The van der Waals surface area contributed by atoms with Crippen molar-refractivity contribution in [2.75, 3.05) is 7.11 Å². The Kier molecular flexibility index (Phi) is 5.81. The van der Waals surface area contributed by atoms with Crippen LogP contribution in [0.5, 0.6) is 5.75 Å². The summed E-state index contributed by atoms with van der Waals surface area (Å²) in [6.07, 6.45) is 0. The van der Waals surface area contributed by atoms with Crippen LogP contribution in [0.15, 0.2) is 77.9 Å². The maximum absolute atomic E-state index is 13.3. The van der Waals surface area contributed by atoms with Gasteiger partial charge in [-0.15, -0.1) is 0 Å². The highest BCUT2D eigenvalue weighted by Gasteiger charge is 2.36. The molecule has 1 aliphatic rings. The molecular weight excluding hydrogens is 427 g/mol. The molecule has 3 aromatic carbocycles. The Morgan fingerprint density at radius 1 is 1.00 bits per heavy atom. The van der Waals surface area contributed by atoms with Crippen molar-refractivity contribution in [1.29, 1.82) is 0 Å². The number of nitrogens with zero attached hydrogens (tertiary/aromatic N) is 2. The Labute approximate surface area is 183 Å². The fourth-order valence-corrected chi connectivity index (χ4v) is 4.55. The summed E-state index contributed by atoms with van der Waals surface area (Å²) in [6, 6.07) is 22.0. The molecule has 3 aromatic rings. The topological polar surface area (TPSA) is 41.9 Å². The van der Waals surface area contributed by atoms with Crippen molar-refractivity contribution in [3.63, 3.8) is 0 Å². The van der Waals surface area contributed by atoms with Crippen LogP contribution in [0.3, 0.4) is 0 Å². The van der Waals surface area contributed by atoms with E-state index in [4.69, 9.17) is 27.9 Å². The fourth-order valence-electron chi connectivity index (χ4n) is 3.02. The molecule has 146 valence electrons. The van der Waals surface area contributed by atoms with Gasteiger partial charge in [-0.1, -0.05) is 77.4 Å². The van der Waals surface area contributed by atoms with Gasteiger partial charge in [0.15, 0.2) is 0 Å². The predicted molar refractivity (Wildman–Crippen MR) is 119 cm³/mol. The summed E-state index contributed by atoms with van der Waals surface area (Å²) in [4.78, 5) is 13.3. The number of hydrogen-bond acceptors (Lipinski definition) is 4. The lowest BCUT2D eigenvalue weighted by molar-refractivity contribution is 0.0748. The van der Waals surface area contributed by atoms with Gasteiger partial charge in [0.2, 0.25) is 0 Å². The number of hydrazone groups is 1. The molecule has 1 aliphatic heterocycles. The molecule has 0 saturated heterocycles. The lowest BCUT2D eigenvalue weighted by Gasteiger charge is -2.23. The molecule has 0 aromatic heterocycles. The van der Waals surface area contributed by atoms with Crippen LogP contribution in [0, 0.1) is 0 Å². The van der Waals surface area contributed by atoms with E-state index in [0.29, 0.717) is 21.4 Å². The lowest BCUT2D eigenvalue weighted by atomic mass is 10.1. The first kappa shape index (κ1) is 19.8.